The molecule has 0 saturated heterocycles. The fourth-order valence-electron chi connectivity index (χ4n) is 1.89. The van der Waals surface area contributed by atoms with Crippen LogP contribution in [-0.2, 0) is 0 Å². The molecule has 3 rings (SSSR count). The summed E-state index contributed by atoms with van der Waals surface area (Å²) in [6.07, 6.45) is 1.61. The van der Waals surface area contributed by atoms with Crippen LogP contribution < -0.4 is 5.32 Å². The van der Waals surface area contributed by atoms with Crippen LogP contribution in [0.1, 0.15) is 16.2 Å². The Labute approximate surface area is 125 Å². The molecule has 0 amide bonds. The molecule has 2 heterocycles. The lowest BCUT2D eigenvalue weighted by molar-refractivity contribution is 0.0697. The van der Waals surface area contributed by atoms with Crippen molar-refractivity contribution in [1.82, 2.24) is 15.1 Å². The lowest BCUT2D eigenvalue weighted by Crippen LogP contribution is -1.98. The van der Waals surface area contributed by atoms with Gasteiger partial charge >= 0.3 is 5.97 Å². The number of nitrogens with one attached hydrogen (secondary N) is 1. The molecule has 0 aliphatic carbocycles. The van der Waals surface area contributed by atoms with Crippen LogP contribution in [0, 0.1) is 6.92 Å². The van der Waals surface area contributed by atoms with Crippen LogP contribution in [-0.4, -0.2) is 26.2 Å². The second-order valence-corrected chi connectivity index (χ2v) is 4.59. The molecular weight excluding hydrogens is 284 g/mol. The Morgan fingerprint density at radius 2 is 2.14 bits per heavy atom. The average Bonchev–Trinajstić information content (AvgIpc) is 2.95. The number of rotatable bonds is 4. The van der Waals surface area contributed by atoms with E-state index in [1.807, 2.05) is 0 Å². The smallest absolute Gasteiger partial charge is 0.335 e. The van der Waals surface area contributed by atoms with Crippen LogP contribution in [0.5, 0.6) is 0 Å². The van der Waals surface area contributed by atoms with Crippen molar-refractivity contribution in [3.63, 3.8) is 0 Å². The van der Waals surface area contributed by atoms with Gasteiger partial charge in [0, 0.05) is 11.9 Å². The molecular formula is C15H12N4O3. The minimum absolute atomic E-state index is 0.211. The van der Waals surface area contributed by atoms with E-state index in [4.69, 9.17) is 9.63 Å². The van der Waals surface area contributed by atoms with E-state index >= 15 is 0 Å². The predicted octanol–water partition coefficient (Wildman–Crippen LogP) is 2.88. The molecule has 110 valence electrons. The molecule has 0 aliphatic heterocycles. The second kappa shape index (κ2) is 5.65. The molecule has 0 spiro atoms. The summed E-state index contributed by atoms with van der Waals surface area (Å²) in [7, 11) is 0. The van der Waals surface area contributed by atoms with Crippen molar-refractivity contribution in [2.75, 3.05) is 5.32 Å². The molecule has 0 fully saturated rings. The van der Waals surface area contributed by atoms with Gasteiger partial charge in [-0.3, -0.25) is 0 Å². The predicted molar refractivity (Wildman–Crippen MR) is 79.0 cm³/mol. The van der Waals surface area contributed by atoms with E-state index in [0.717, 1.165) is 0 Å². The molecule has 0 unspecified atom stereocenters. The first-order valence-corrected chi connectivity index (χ1v) is 6.49. The van der Waals surface area contributed by atoms with Crippen molar-refractivity contribution in [3.05, 3.63) is 54.0 Å². The van der Waals surface area contributed by atoms with Gasteiger partial charge < -0.3 is 14.9 Å². The van der Waals surface area contributed by atoms with Gasteiger partial charge in [-0.2, -0.15) is 4.98 Å². The summed E-state index contributed by atoms with van der Waals surface area (Å²) in [5, 5.41) is 15.7. The Morgan fingerprint density at radius 3 is 2.77 bits per heavy atom. The van der Waals surface area contributed by atoms with Crippen LogP contribution in [0.15, 0.2) is 47.1 Å². The fraction of sp³-hybridized carbons (Fsp3) is 0.0667. The molecule has 7 nitrogen and oxygen atoms in total. The number of aryl methyl sites for hydroxylation is 1. The number of hydrogen-bond acceptors (Lipinski definition) is 6. The molecule has 0 aliphatic rings. The van der Waals surface area contributed by atoms with Crippen molar-refractivity contribution in [2.24, 2.45) is 0 Å². The molecule has 0 bridgehead atoms. The van der Waals surface area contributed by atoms with Gasteiger partial charge in [-0.1, -0.05) is 11.2 Å². The molecule has 22 heavy (non-hydrogen) atoms. The zero-order chi connectivity index (χ0) is 15.5. The summed E-state index contributed by atoms with van der Waals surface area (Å²) in [6.45, 7) is 1.74. The first kappa shape index (κ1) is 13.7. The maximum atomic E-state index is 10.9. The lowest BCUT2D eigenvalue weighted by Gasteiger charge is -2.06. The third-order valence-electron chi connectivity index (χ3n) is 2.92. The monoisotopic (exact) mass is 296 g/mol. The SMILES string of the molecule is Cc1noc(-c2ccc(Nc3cccc(C(=O)O)c3)nc2)n1. The zero-order valence-electron chi connectivity index (χ0n) is 11.6. The van der Waals surface area contributed by atoms with Gasteiger partial charge in [-0.05, 0) is 37.3 Å². The van der Waals surface area contributed by atoms with Crippen LogP contribution in [0.2, 0.25) is 0 Å². The Kier molecular flexibility index (Phi) is 3.53. The quantitative estimate of drug-likeness (QED) is 0.763. The van der Waals surface area contributed by atoms with E-state index < -0.39 is 5.97 Å². The van der Waals surface area contributed by atoms with Crippen molar-refractivity contribution in [3.8, 4) is 11.5 Å². The van der Waals surface area contributed by atoms with Gasteiger partial charge in [0.05, 0.1) is 11.1 Å². The highest BCUT2D eigenvalue weighted by Gasteiger charge is 2.07. The van der Waals surface area contributed by atoms with E-state index in [2.05, 4.69) is 20.4 Å². The molecule has 2 N–H and O–H groups in total. The van der Waals surface area contributed by atoms with Crippen molar-refractivity contribution < 1.29 is 14.4 Å². The van der Waals surface area contributed by atoms with Crippen molar-refractivity contribution in [1.29, 1.82) is 0 Å². The van der Waals surface area contributed by atoms with E-state index in [9.17, 15) is 4.79 Å². The van der Waals surface area contributed by atoms with Crippen molar-refractivity contribution in [2.45, 2.75) is 6.92 Å². The molecule has 3 aromatic rings. The summed E-state index contributed by atoms with van der Waals surface area (Å²) >= 11 is 0. The molecule has 2 aromatic heterocycles. The van der Waals surface area contributed by atoms with E-state index in [1.165, 1.54) is 6.07 Å². The number of carbonyl (C=O) groups is 1. The highest BCUT2D eigenvalue weighted by Crippen LogP contribution is 2.20. The van der Waals surface area contributed by atoms with Crippen LogP contribution in [0.3, 0.4) is 0 Å². The number of carboxylic acid groups (broad SMARTS) is 1. The summed E-state index contributed by atoms with van der Waals surface area (Å²) in [6, 6.07) is 10.1. The third kappa shape index (κ3) is 2.93. The molecule has 0 atom stereocenters. The molecule has 7 heteroatoms. The normalized spacial score (nSPS) is 10.4. The van der Waals surface area contributed by atoms with Crippen LogP contribution in [0.25, 0.3) is 11.5 Å². The Balaban J connectivity index is 1.79. The largest absolute Gasteiger partial charge is 0.478 e. The number of hydrogen-bond donors (Lipinski definition) is 2. The number of anilines is 2. The minimum atomic E-state index is -0.973. The van der Waals surface area contributed by atoms with E-state index in [-0.39, 0.29) is 5.56 Å². The van der Waals surface area contributed by atoms with Gasteiger partial charge in [0.2, 0.25) is 0 Å². The maximum Gasteiger partial charge on any atom is 0.335 e. The molecule has 0 radical (unpaired) electrons. The summed E-state index contributed by atoms with van der Waals surface area (Å²) < 4.78 is 5.06. The first-order chi connectivity index (χ1) is 10.6. The molecule has 1 aromatic carbocycles. The number of benzene rings is 1. The zero-order valence-corrected chi connectivity index (χ0v) is 11.6. The Bertz CT molecular complexity index is 812. The maximum absolute atomic E-state index is 10.9. The second-order valence-electron chi connectivity index (χ2n) is 4.59. The van der Waals surface area contributed by atoms with E-state index in [0.29, 0.717) is 28.8 Å². The highest BCUT2D eigenvalue weighted by molar-refractivity contribution is 5.89. The summed E-state index contributed by atoms with van der Waals surface area (Å²) in [4.78, 5) is 19.3. The summed E-state index contributed by atoms with van der Waals surface area (Å²) in [5.41, 5.74) is 1.57. The van der Waals surface area contributed by atoms with Gasteiger partial charge in [0.1, 0.15) is 5.82 Å². The number of carboxylic acids is 1. The molecule has 0 saturated carbocycles. The van der Waals surface area contributed by atoms with Crippen LogP contribution in [0.4, 0.5) is 11.5 Å². The topological polar surface area (TPSA) is 101 Å². The van der Waals surface area contributed by atoms with Crippen molar-refractivity contribution >= 4 is 17.5 Å². The summed E-state index contributed by atoms with van der Waals surface area (Å²) in [5.74, 6) is 0.577. The number of aromatic nitrogens is 3. The van der Waals surface area contributed by atoms with Gasteiger partial charge in [0.25, 0.3) is 5.89 Å². The number of aromatic carboxylic acids is 1. The van der Waals surface area contributed by atoms with Gasteiger partial charge in [-0.15, -0.1) is 0 Å². The first-order valence-electron chi connectivity index (χ1n) is 6.49. The van der Waals surface area contributed by atoms with Gasteiger partial charge in [0.15, 0.2) is 5.82 Å². The number of nitrogens with zero attached hydrogens (tertiary/aromatic N) is 3. The highest BCUT2D eigenvalue weighted by atomic mass is 16.5. The Hall–Kier alpha value is -3.22. The number of pyridine rings is 1. The minimum Gasteiger partial charge on any atom is -0.478 e. The van der Waals surface area contributed by atoms with Gasteiger partial charge in [-0.25, -0.2) is 9.78 Å². The Morgan fingerprint density at radius 1 is 1.27 bits per heavy atom. The average molecular weight is 296 g/mol. The third-order valence-corrected chi connectivity index (χ3v) is 2.92. The van der Waals surface area contributed by atoms with Crippen LogP contribution >= 0.6 is 0 Å². The fourth-order valence-corrected chi connectivity index (χ4v) is 1.89. The lowest BCUT2D eigenvalue weighted by atomic mass is 10.2. The standard InChI is InChI=1S/C15H12N4O3/c1-9-17-14(22-19-9)11-5-6-13(16-8-11)18-12-4-2-3-10(7-12)15(20)21/h2-8H,1H3,(H,16,18)(H,20,21). The van der Waals surface area contributed by atoms with E-state index in [1.54, 1.807) is 43.5 Å².